The summed E-state index contributed by atoms with van der Waals surface area (Å²) in [5.41, 5.74) is 1.53. The number of rotatable bonds is 7. The van der Waals surface area contributed by atoms with Gasteiger partial charge in [0.25, 0.3) is 5.69 Å². The molecule has 3 aromatic rings. The Labute approximate surface area is 227 Å². The van der Waals surface area contributed by atoms with Crippen molar-refractivity contribution in [2.75, 3.05) is 7.11 Å². The van der Waals surface area contributed by atoms with Crippen LogP contribution in [0.1, 0.15) is 16.7 Å². The number of carbonyl (C=O) groups excluding carboxylic acids is 2. The van der Waals surface area contributed by atoms with E-state index in [1.165, 1.54) is 42.5 Å². The van der Waals surface area contributed by atoms with Gasteiger partial charge in [0.2, 0.25) is 5.90 Å². The molecule has 37 heavy (non-hydrogen) atoms. The average Bonchev–Trinajstić information content (AvgIpc) is 3.25. The second-order valence-electron chi connectivity index (χ2n) is 7.47. The summed E-state index contributed by atoms with van der Waals surface area (Å²) in [5, 5.41) is 10.8. The van der Waals surface area contributed by atoms with Crippen LogP contribution in [0.4, 0.5) is 5.69 Å². The Hall–Kier alpha value is -4.09. The number of ether oxygens (including phenoxy) is 3. The highest BCUT2D eigenvalue weighted by molar-refractivity contribution is 9.11. The Balaban J connectivity index is 1.58. The van der Waals surface area contributed by atoms with Crippen LogP contribution < -0.4 is 9.47 Å². The highest BCUT2D eigenvalue weighted by Gasteiger charge is 2.25. The molecule has 0 bridgehead atoms. The van der Waals surface area contributed by atoms with Gasteiger partial charge in [0.05, 0.1) is 16.5 Å². The van der Waals surface area contributed by atoms with E-state index >= 15 is 0 Å². The van der Waals surface area contributed by atoms with Gasteiger partial charge in [-0.25, -0.2) is 14.6 Å². The summed E-state index contributed by atoms with van der Waals surface area (Å²) in [6.45, 7) is 0. The Morgan fingerprint density at radius 1 is 1.08 bits per heavy atom. The molecule has 1 aliphatic heterocycles. The van der Waals surface area contributed by atoms with Gasteiger partial charge in [-0.15, -0.1) is 0 Å². The lowest BCUT2D eigenvalue weighted by Gasteiger charge is -2.09. The zero-order chi connectivity index (χ0) is 26.5. The van der Waals surface area contributed by atoms with Crippen LogP contribution in [0.5, 0.6) is 11.5 Å². The predicted octanol–water partition coefficient (Wildman–Crippen LogP) is 6.09. The van der Waals surface area contributed by atoms with Gasteiger partial charge in [0, 0.05) is 33.8 Å². The monoisotopic (exact) mass is 626 g/mol. The number of cyclic esters (lactones) is 1. The third-order valence-corrected chi connectivity index (χ3v) is 6.05. The van der Waals surface area contributed by atoms with E-state index in [1.54, 1.807) is 43.5 Å². The molecule has 1 heterocycles. The molecule has 0 saturated carbocycles. The molecule has 4 rings (SSSR count). The van der Waals surface area contributed by atoms with E-state index in [0.717, 1.165) is 0 Å². The van der Waals surface area contributed by atoms with Gasteiger partial charge < -0.3 is 14.2 Å². The van der Waals surface area contributed by atoms with Crippen LogP contribution in [-0.4, -0.2) is 29.9 Å². The van der Waals surface area contributed by atoms with E-state index in [4.69, 9.17) is 14.2 Å². The number of non-ortho nitro benzene ring substituents is 1. The number of halogens is 2. The first kappa shape index (κ1) is 26.0. The largest absolute Gasteiger partial charge is 0.497 e. The number of esters is 2. The van der Waals surface area contributed by atoms with Crippen LogP contribution in [0.3, 0.4) is 0 Å². The van der Waals surface area contributed by atoms with Crippen molar-refractivity contribution < 1.29 is 28.7 Å². The van der Waals surface area contributed by atoms with Crippen molar-refractivity contribution in [3.05, 3.63) is 108 Å². The Bertz CT molecular complexity index is 1480. The Morgan fingerprint density at radius 2 is 1.78 bits per heavy atom. The molecule has 0 spiro atoms. The van der Waals surface area contributed by atoms with Crippen molar-refractivity contribution in [2.24, 2.45) is 4.99 Å². The Kier molecular flexibility index (Phi) is 7.95. The minimum atomic E-state index is -0.697. The lowest BCUT2D eigenvalue weighted by Crippen LogP contribution is -2.06. The fourth-order valence-corrected chi connectivity index (χ4v) is 4.55. The van der Waals surface area contributed by atoms with E-state index in [0.29, 0.717) is 31.4 Å². The molecule has 0 N–H and O–H groups in total. The summed E-state index contributed by atoms with van der Waals surface area (Å²) in [6, 6.07) is 15.9. The normalized spacial score (nSPS) is 14.0. The summed E-state index contributed by atoms with van der Waals surface area (Å²) in [4.78, 5) is 39.6. The molecule has 186 valence electrons. The Morgan fingerprint density at radius 3 is 2.43 bits per heavy atom. The van der Waals surface area contributed by atoms with Gasteiger partial charge in [0.1, 0.15) is 5.75 Å². The van der Waals surface area contributed by atoms with Gasteiger partial charge in [-0.2, -0.15) is 0 Å². The summed E-state index contributed by atoms with van der Waals surface area (Å²) < 4.78 is 17.1. The molecule has 3 aromatic carbocycles. The maximum Gasteiger partial charge on any atom is 0.363 e. The number of nitro benzene ring substituents is 1. The first-order valence-electron chi connectivity index (χ1n) is 10.5. The van der Waals surface area contributed by atoms with Gasteiger partial charge in [-0.1, -0.05) is 15.9 Å². The van der Waals surface area contributed by atoms with Crippen LogP contribution >= 0.6 is 31.9 Å². The third-order valence-electron chi connectivity index (χ3n) is 5.01. The lowest BCUT2D eigenvalue weighted by molar-refractivity contribution is -0.384. The molecule has 0 atom stereocenters. The topological polar surface area (TPSA) is 117 Å². The SMILES string of the molecule is COc1ccc(C2=N/C(=C\c3cc(Br)cc(Br)c3OC(=O)/C=C/c3ccc([N+](=O)[O-])cc3)C(=O)O2)cc1. The minimum Gasteiger partial charge on any atom is -0.497 e. The van der Waals surface area contributed by atoms with Crippen LogP contribution in [0.25, 0.3) is 12.2 Å². The van der Waals surface area contributed by atoms with Crippen molar-refractivity contribution in [1.82, 2.24) is 0 Å². The third kappa shape index (κ3) is 6.38. The summed E-state index contributed by atoms with van der Waals surface area (Å²) in [7, 11) is 1.55. The van der Waals surface area contributed by atoms with Gasteiger partial charge in [-0.3, -0.25) is 10.1 Å². The molecular formula is C26H16Br2N2O7. The van der Waals surface area contributed by atoms with Gasteiger partial charge >= 0.3 is 11.9 Å². The molecule has 0 amide bonds. The smallest absolute Gasteiger partial charge is 0.363 e. The molecule has 0 fully saturated rings. The summed E-state index contributed by atoms with van der Waals surface area (Å²) in [6.07, 6.45) is 4.12. The van der Waals surface area contributed by atoms with E-state index in [-0.39, 0.29) is 23.0 Å². The molecule has 0 radical (unpaired) electrons. The van der Waals surface area contributed by atoms with E-state index in [9.17, 15) is 19.7 Å². The van der Waals surface area contributed by atoms with Crippen LogP contribution in [0, 0.1) is 10.1 Å². The molecular weight excluding hydrogens is 612 g/mol. The van der Waals surface area contributed by atoms with Crippen molar-refractivity contribution in [3.8, 4) is 11.5 Å². The second kappa shape index (κ2) is 11.3. The number of nitro groups is 1. The zero-order valence-electron chi connectivity index (χ0n) is 19.0. The second-order valence-corrected chi connectivity index (χ2v) is 9.24. The number of methoxy groups -OCH3 is 1. The number of benzene rings is 3. The van der Waals surface area contributed by atoms with E-state index < -0.39 is 16.9 Å². The summed E-state index contributed by atoms with van der Waals surface area (Å²) in [5.74, 6) is -0.403. The standard InChI is InChI=1S/C26H16Br2N2O7/c1-35-20-9-5-16(6-10-20)25-29-22(26(32)37-25)13-17-12-18(27)14-21(28)24(17)36-23(31)11-4-15-2-7-19(8-3-15)30(33)34/h2-14H,1H3/b11-4+,22-13-. The first-order chi connectivity index (χ1) is 17.7. The first-order valence-corrected chi connectivity index (χ1v) is 12.1. The molecule has 0 unspecified atom stereocenters. The molecule has 0 aliphatic carbocycles. The van der Waals surface area contributed by atoms with Crippen molar-refractivity contribution in [3.63, 3.8) is 0 Å². The van der Waals surface area contributed by atoms with Crippen LogP contribution in [-0.2, 0) is 14.3 Å². The molecule has 11 heteroatoms. The molecule has 1 aliphatic rings. The number of hydrogen-bond acceptors (Lipinski definition) is 8. The number of aliphatic imine (C=N–C) groups is 1. The number of carbonyl (C=O) groups is 2. The van der Waals surface area contributed by atoms with E-state index in [2.05, 4.69) is 36.9 Å². The van der Waals surface area contributed by atoms with Gasteiger partial charge in [0.15, 0.2) is 11.4 Å². The fourth-order valence-electron chi connectivity index (χ4n) is 3.21. The van der Waals surface area contributed by atoms with Crippen LogP contribution in [0.15, 0.2) is 86.4 Å². The maximum absolute atomic E-state index is 12.5. The minimum absolute atomic E-state index is 0.0227. The highest BCUT2D eigenvalue weighted by Crippen LogP contribution is 2.35. The molecule has 0 saturated heterocycles. The number of hydrogen-bond donors (Lipinski definition) is 0. The molecule has 0 aromatic heterocycles. The van der Waals surface area contributed by atoms with Gasteiger partial charge in [-0.05, 0) is 82.2 Å². The summed E-state index contributed by atoms with van der Waals surface area (Å²) >= 11 is 6.77. The fraction of sp³-hybridized carbons (Fsp3) is 0.0385. The predicted molar refractivity (Wildman–Crippen MR) is 143 cm³/mol. The quantitative estimate of drug-likeness (QED) is 0.102. The molecule has 9 nitrogen and oxygen atoms in total. The van der Waals surface area contributed by atoms with Crippen LogP contribution in [0.2, 0.25) is 0 Å². The number of nitrogens with zero attached hydrogens (tertiary/aromatic N) is 2. The van der Waals surface area contributed by atoms with E-state index in [1.807, 2.05) is 0 Å². The average molecular weight is 628 g/mol. The zero-order valence-corrected chi connectivity index (χ0v) is 22.2. The van der Waals surface area contributed by atoms with Crippen molar-refractivity contribution >= 4 is 67.5 Å². The lowest BCUT2D eigenvalue weighted by atomic mass is 10.1. The van der Waals surface area contributed by atoms with Crippen molar-refractivity contribution in [2.45, 2.75) is 0 Å². The highest BCUT2D eigenvalue weighted by atomic mass is 79.9. The maximum atomic E-state index is 12.5. The van der Waals surface area contributed by atoms with Crippen molar-refractivity contribution in [1.29, 1.82) is 0 Å².